The molecule has 0 N–H and O–H groups in total. The van der Waals surface area contributed by atoms with Crippen LogP contribution in [0.5, 0.6) is 0 Å². The van der Waals surface area contributed by atoms with Crippen LogP contribution in [0, 0.1) is 12.8 Å². The van der Waals surface area contributed by atoms with Gasteiger partial charge in [0.05, 0.1) is 21.1 Å². The van der Waals surface area contributed by atoms with E-state index in [0.29, 0.717) is 16.9 Å². The number of rotatable bonds is 9. The van der Waals surface area contributed by atoms with Gasteiger partial charge in [0.15, 0.2) is 0 Å². The fourth-order valence-corrected chi connectivity index (χ4v) is 5.53. The summed E-state index contributed by atoms with van der Waals surface area (Å²) in [6.07, 6.45) is -3.48. The number of anilines is 2. The predicted molar refractivity (Wildman–Crippen MR) is 158 cm³/mol. The third-order valence-corrected chi connectivity index (χ3v) is 8.17. The molecule has 0 atom stereocenters. The SMILES string of the molecule is CCN(CC1CCC1)c1nc2c(C)cccc2cc1CN(Cc1cc(C(F)(F)F)cc(C(F)(F)F)c1)c1ncc(Br)cn1. The van der Waals surface area contributed by atoms with E-state index in [2.05, 4.69) is 30.8 Å². The van der Waals surface area contributed by atoms with Crippen LogP contribution >= 0.6 is 15.9 Å². The van der Waals surface area contributed by atoms with Crippen LogP contribution in [0.3, 0.4) is 0 Å². The number of benzene rings is 2. The quantitative estimate of drug-likeness (QED) is 0.167. The summed E-state index contributed by atoms with van der Waals surface area (Å²) in [4.78, 5) is 17.6. The van der Waals surface area contributed by atoms with E-state index in [0.717, 1.165) is 59.4 Å². The van der Waals surface area contributed by atoms with Crippen molar-refractivity contribution in [3.8, 4) is 0 Å². The van der Waals surface area contributed by atoms with Crippen LogP contribution in [0.1, 0.15) is 54.0 Å². The maximum atomic E-state index is 13.7. The number of pyridine rings is 1. The van der Waals surface area contributed by atoms with Crippen molar-refractivity contribution in [3.63, 3.8) is 0 Å². The fourth-order valence-electron chi connectivity index (χ4n) is 5.33. The molecule has 1 fully saturated rings. The first-order chi connectivity index (χ1) is 20.3. The van der Waals surface area contributed by atoms with Crippen molar-refractivity contribution < 1.29 is 26.3 Å². The molecular weight excluding hydrogens is 636 g/mol. The molecule has 5 rings (SSSR count). The minimum Gasteiger partial charge on any atom is -0.356 e. The Morgan fingerprint density at radius 1 is 0.884 bits per heavy atom. The number of para-hydroxylation sites is 1. The van der Waals surface area contributed by atoms with Gasteiger partial charge < -0.3 is 9.80 Å². The predicted octanol–water partition coefficient (Wildman–Crippen LogP) is 8.97. The van der Waals surface area contributed by atoms with E-state index in [4.69, 9.17) is 4.98 Å². The maximum absolute atomic E-state index is 13.7. The average molecular weight is 667 g/mol. The first kappa shape index (κ1) is 31.0. The second kappa shape index (κ2) is 12.3. The molecule has 0 radical (unpaired) electrons. The van der Waals surface area contributed by atoms with E-state index in [1.54, 1.807) is 4.90 Å². The lowest BCUT2D eigenvalue weighted by Crippen LogP contribution is -2.34. The van der Waals surface area contributed by atoms with Gasteiger partial charge in [-0.3, -0.25) is 0 Å². The Morgan fingerprint density at radius 2 is 1.53 bits per heavy atom. The summed E-state index contributed by atoms with van der Waals surface area (Å²) in [7, 11) is 0. The van der Waals surface area contributed by atoms with Gasteiger partial charge in [-0.15, -0.1) is 0 Å². The van der Waals surface area contributed by atoms with E-state index in [1.165, 1.54) is 18.8 Å². The first-order valence-corrected chi connectivity index (χ1v) is 14.8. The van der Waals surface area contributed by atoms with Crippen LogP contribution in [0.15, 0.2) is 59.3 Å². The molecule has 43 heavy (non-hydrogen) atoms. The van der Waals surface area contributed by atoms with Crippen LogP contribution in [0.2, 0.25) is 0 Å². The summed E-state index contributed by atoms with van der Waals surface area (Å²) in [6, 6.07) is 9.47. The van der Waals surface area contributed by atoms with E-state index >= 15 is 0 Å². The molecule has 1 aliphatic rings. The monoisotopic (exact) mass is 665 g/mol. The van der Waals surface area contributed by atoms with E-state index in [1.807, 2.05) is 38.1 Å². The van der Waals surface area contributed by atoms with Crippen LogP contribution in [-0.4, -0.2) is 28.0 Å². The highest BCUT2D eigenvalue weighted by molar-refractivity contribution is 9.10. The summed E-state index contributed by atoms with van der Waals surface area (Å²) >= 11 is 3.29. The topological polar surface area (TPSA) is 45.2 Å². The van der Waals surface area contributed by atoms with Crippen molar-refractivity contribution in [3.05, 3.63) is 87.1 Å². The van der Waals surface area contributed by atoms with Gasteiger partial charge in [-0.05, 0) is 83.9 Å². The Hall–Kier alpha value is -3.41. The molecule has 0 spiro atoms. The van der Waals surface area contributed by atoms with E-state index in [9.17, 15) is 26.3 Å². The number of hydrogen-bond acceptors (Lipinski definition) is 5. The Bertz CT molecular complexity index is 1550. The number of alkyl halides is 6. The summed E-state index contributed by atoms with van der Waals surface area (Å²) < 4.78 is 82.6. The lowest BCUT2D eigenvalue weighted by molar-refractivity contribution is -0.143. The zero-order valence-corrected chi connectivity index (χ0v) is 25.2. The zero-order valence-electron chi connectivity index (χ0n) is 23.6. The molecule has 4 aromatic rings. The Balaban J connectivity index is 1.61. The highest BCUT2D eigenvalue weighted by Gasteiger charge is 2.37. The minimum absolute atomic E-state index is 0.104. The summed E-state index contributed by atoms with van der Waals surface area (Å²) in [5.41, 5.74) is -0.282. The molecule has 1 aliphatic carbocycles. The lowest BCUT2D eigenvalue weighted by atomic mass is 9.85. The highest BCUT2D eigenvalue weighted by Crippen LogP contribution is 2.37. The number of halogens is 7. The largest absolute Gasteiger partial charge is 0.416 e. The number of nitrogens with zero attached hydrogens (tertiary/aromatic N) is 5. The maximum Gasteiger partial charge on any atom is 0.416 e. The van der Waals surface area contributed by atoms with Crippen LogP contribution in [0.4, 0.5) is 38.1 Å². The van der Waals surface area contributed by atoms with Gasteiger partial charge in [-0.25, -0.2) is 15.0 Å². The standard InChI is InChI=1S/C31H30BrF6N5/c1-3-42(16-20-7-5-8-20)28-23(12-22-9-4-6-19(2)27(22)41-28)18-43(29-39-14-26(32)15-40-29)17-21-10-24(30(33,34)35)13-25(11-21)31(36,37)38/h4,6,9-15,20H,3,5,7-8,16-18H2,1-2H3. The van der Waals surface area contributed by atoms with Crippen molar-refractivity contribution >= 4 is 38.6 Å². The molecular formula is C31H30BrF6N5. The van der Waals surface area contributed by atoms with Gasteiger partial charge in [-0.2, -0.15) is 26.3 Å². The van der Waals surface area contributed by atoms with Gasteiger partial charge >= 0.3 is 12.4 Å². The molecule has 2 aromatic heterocycles. The molecule has 0 unspecified atom stereocenters. The normalized spacial score (nSPS) is 14.2. The highest BCUT2D eigenvalue weighted by atomic mass is 79.9. The zero-order chi connectivity index (χ0) is 30.9. The van der Waals surface area contributed by atoms with E-state index < -0.39 is 23.5 Å². The third-order valence-electron chi connectivity index (χ3n) is 7.76. The Kier molecular flexibility index (Phi) is 8.87. The lowest BCUT2D eigenvalue weighted by Gasteiger charge is -2.34. The van der Waals surface area contributed by atoms with Gasteiger partial charge in [-0.1, -0.05) is 24.6 Å². The van der Waals surface area contributed by atoms with Gasteiger partial charge in [0.1, 0.15) is 5.82 Å². The first-order valence-electron chi connectivity index (χ1n) is 14.0. The molecule has 1 saturated carbocycles. The molecule has 0 saturated heterocycles. The molecule has 0 aliphatic heterocycles. The van der Waals surface area contributed by atoms with Crippen molar-refractivity contribution in [2.45, 2.75) is 58.6 Å². The minimum atomic E-state index is -4.95. The second-order valence-electron chi connectivity index (χ2n) is 10.9. The number of aromatic nitrogens is 3. The van der Waals surface area contributed by atoms with E-state index in [-0.39, 0.29) is 30.7 Å². The van der Waals surface area contributed by atoms with Crippen LogP contribution in [-0.2, 0) is 25.4 Å². The number of aryl methyl sites for hydroxylation is 1. The molecule has 2 heterocycles. The molecule has 0 amide bonds. The van der Waals surface area contributed by atoms with Crippen LogP contribution < -0.4 is 9.80 Å². The van der Waals surface area contributed by atoms with Gasteiger partial charge in [0, 0.05) is 49.5 Å². The number of hydrogen-bond donors (Lipinski definition) is 0. The van der Waals surface area contributed by atoms with Gasteiger partial charge in [0.25, 0.3) is 0 Å². The van der Waals surface area contributed by atoms with Crippen molar-refractivity contribution in [2.24, 2.45) is 5.92 Å². The van der Waals surface area contributed by atoms with Crippen LogP contribution in [0.25, 0.3) is 10.9 Å². The Morgan fingerprint density at radius 3 is 2.09 bits per heavy atom. The summed E-state index contributed by atoms with van der Waals surface area (Å²) in [6.45, 7) is 5.33. The number of fused-ring (bicyclic) bond motifs is 1. The molecule has 2 aromatic carbocycles. The molecule has 5 nitrogen and oxygen atoms in total. The molecule has 228 valence electrons. The molecule has 12 heteroatoms. The van der Waals surface area contributed by atoms with Crippen molar-refractivity contribution in [2.75, 3.05) is 22.9 Å². The van der Waals surface area contributed by atoms with Crippen molar-refractivity contribution in [1.29, 1.82) is 0 Å². The third kappa shape index (κ3) is 7.22. The fraction of sp³-hybridized carbons (Fsp3) is 0.387. The van der Waals surface area contributed by atoms with Gasteiger partial charge in [0.2, 0.25) is 5.95 Å². The summed E-state index contributed by atoms with van der Waals surface area (Å²) in [5, 5.41) is 0.883. The second-order valence-corrected chi connectivity index (χ2v) is 11.8. The van der Waals surface area contributed by atoms with Crippen molar-refractivity contribution in [1.82, 2.24) is 15.0 Å². The molecule has 0 bridgehead atoms. The average Bonchev–Trinajstić information content (AvgIpc) is 2.92. The summed E-state index contributed by atoms with van der Waals surface area (Å²) in [5.74, 6) is 1.43. The smallest absolute Gasteiger partial charge is 0.356 e. The Labute approximate surface area is 254 Å².